The van der Waals surface area contributed by atoms with Gasteiger partial charge >= 0.3 is 0 Å². The monoisotopic (exact) mass is 254 g/mol. The summed E-state index contributed by atoms with van der Waals surface area (Å²) in [5.41, 5.74) is 5.53. The van der Waals surface area contributed by atoms with E-state index >= 15 is 0 Å². The van der Waals surface area contributed by atoms with Gasteiger partial charge in [0.1, 0.15) is 6.61 Å². The van der Waals surface area contributed by atoms with Crippen LogP contribution in [0.4, 0.5) is 5.69 Å². The highest BCUT2D eigenvalue weighted by Gasteiger charge is 2.34. The van der Waals surface area contributed by atoms with E-state index in [0.717, 1.165) is 0 Å². The van der Waals surface area contributed by atoms with E-state index < -0.39 is 17.6 Å². The van der Waals surface area contributed by atoms with Gasteiger partial charge in [0, 0.05) is 23.4 Å². The van der Waals surface area contributed by atoms with Crippen molar-refractivity contribution in [1.29, 1.82) is 0 Å². The van der Waals surface area contributed by atoms with Crippen LogP contribution in [0.15, 0.2) is 18.3 Å². The molecule has 0 aliphatic carbocycles. The standard InChI is InChI=1S/C13H22N2O3/c1-4-10(16)13(2,3)11(17)8-18-12-7-9(14)5-6-15-12/h5-7,10-11,16-17H,4,8H2,1-3H3,(H2,14,15)/t10-,11+/m0/s1. The van der Waals surface area contributed by atoms with Crippen molar-refractivity contribution in [2.75, 3.05) is 12.3 Å². The number of nitrogens with zero attached hydrogens (tertiary/aromatic N) is 1. The molecule has 0 fully saturated rings. The van der Waals surface area contributed by atoms with Crippen LogP contribution in [0.1, 0.15) is 27.2 Å². The van der Waals surface area contributed by atoms with Gasteiger partial charge in [0.2, 0.25) is 5.88 Å². The van der Waals surface area contributed by atoms with Gasteiger partial charge in [-0.2, -0.15) is 0 Å². The number of pyridine rings is 1. The van der Waals surface area contributed by atoms with Crippen LogP contribution in [0.3, 0.4) is 0 Å². The van der Waals surface area contributed by atoms with Crippen LogP contribution in [0.25, 0.3) is 0 Å². The lowest BCUT2D eigenvalue weighted by atomic mass is 9.80. The second-order valence-corrected chi connectivity index (χ2v) is 5.00. The molecule has 0 saturated carbocycles. The molecule has 0 unspecified atom stereocenters. The van der Waals surface area contributed by atoms with E-state index in [1.165, 1.54) is 0 Å². The van der Waals surface area contributed by atoms with Gasteiger partial charge in [-0.3, -0.25) is 0 Å². The Bertz CT molecular complexity index is 382. The zero-order valence-corrected chi connectivity index (χ0v) is 11.1. The molecule has 5 heteroatoms. The molecule has 0 aromatic carbocycles. The van der Waals surface area contributed by atoms with Gasteiger partial charge < -0.3 is 20.7 Å². The first-order valence-corrected chi connectivity index (χ1v) is 6.08. The third-order valence-corrected chi connectivity index (χ3v) is 3.25. The number of anilines is 1. The number of ether oxygens (including phenoxy) is 1. The lowest BCUT2D eigenvalue weighted by molar-refractivity contribution is -0.0659. The minimum atomic E-state index is -0.782. The molecule has 18 heavy (non-hydrogen) atoms. The Morgan fingerprint density at radius 2 is 2.06 bits per heavy atom. The molecule has 2 atom stereocenters. The molecule has 0 amide bonds. The van der Waals surface area contributed by atoms with Crippen molar-refractivity contribution in [3.63, 3.8) is 0 Å². The summed E-state index contributed by atoms with van der Waals surface area (Å²) in [6, 6.07) is 3.25. The predicted molar refractivity (Wildman–Crippen MR) is 70.2 cm³/mol. The van der Waals surface area contributed by atoms with Gasteiger partial charge in [0.05, 0.1) is 12.2 Å². The molecule has 1 heterocycles. The Labute approximate surface area is 108 Å². The molecule has 1 rings (SSSR count). The molecule has 1 aromatic heterocycles. The number of aromatic nitrogens is 1. The second-order valence-electron chi connectivity index (χ2n) is 5.00. The number of aliphatic hydroxyl groups is 2. The van der Waals surface area contributed by atoms with Gasteiger partial charge in [-0.05, 0) is 12.5 Å². The Kier molecular flexibility index (Phi) is 4.93. The summed E-state index contributed by atoms with van der Waals surface area (Å²) in [5, 5.41) is 19.9. The summed E-state index contributed by atoms with van der Waals surface area (Å²) in [4.78, 5) is 3.98. The van der Waals surface area contributed by atoms with Crippen LogP contribution < -0.4 is 10.5 Å². The van der Waals surface area contributed by atoms with Crippen molar-refractivity contribution < 1.29 is 14.9 Å². The van der Waals surface area contributed by atoms with Crippen LogP contribution in [0.5, 0.6) is 5.88 Å². The largest absolute Gasteiger partial charge is 0.475 e. The molecular weight excluding hydrogens is 232 g/mol. The van der Waals surface area contributed by atoms with Crippen LogP contribution >= 0.6 is 0 Å². The average Bonchev–Trinajstić information content (AvgIpc) is 2.34. The molecule has 102 valence electrons. The second kappa shape index (κ2) is 6.02. The fourth-order valence-corrected chi connectivity index (χ4v) is 1.63. The number of aliphatic hydroxyl groups excluding tert-OH is 2. The van der Waals surface area contributed by atoms with Crippen LogP contribution in [0, 0.1) is 5.41 Å². The Morgan fingerprint density at radius 1 is 1.39 bits per heavy atom. The van der Waals surface area contributed by atoms with Gasteiger partial charge in [-0.1, -0.05) is 20.8 Å². The molecular formula is C13H22N2O3. The highest BCUT2D eigenvalue weighted by molar-refractivity contribution is 5.39. The van der Waals surface area contributed by atoms with Gasteiger partial charge in [0.25, 0.3) is 0 Å². The molecule has 1 aromatic rings. The van der Waals surface area contributed by atoms with Gasteiger partial charge in [0.15, 0.2) is 0 Å². The maximum Gasteiger partial charge on any atom is 0.215 e. The third kappa shape index (κ3) is 3.58. The lowest BCUT2D eigenvalue weighted by Crippen LogP contribution is -2.43. The quantitative estimate of drug-likeness (QED) is 0.710. The van der Waals surface area contributed by atoms with E-state index in [1.807, 2.05) is 20.8 Å². The molecule has 0 spiro atoms. The van der Waals surface area contributed by atoms with Crippen molar-refractivity contribution in [3.8, 4) is 5.88 Å². The Balaban J connectivity index is 2.58. The van der Waals surface area contributed by atoms with Crippen molar-refractivity contribution >= 4 is 5.69 Å². The minimum absolute atomic E-state index is 0.0700. The number of hydrogen-bond acceptors (Lipinski definition) is 5. The van der Waals surface area contributed by atoms with E-state index in [-0.39, 0.29) is 6.61 Å². The Morgan fingerprint density at radius 3 is 2.61 bits per heavy atom. The topological polar surface area (TPSA) is 88.6 Å². The zero-order valence-electron chi connectivity index (χ0n) is 11.1. The third-order valence-electron chi connectivity index (χ3n) is 3.25. The summed E-state index contributed by atoms with van der Waals surface area (Å²) in [6.07, 6.45) is 0.768. The lowest BCUT2D eigenvalue weighted by Gasteiger charge is -2.34. The molecule has 0 radical (unpaired) electrons. The fourth-order valence-electron chi connectivity index (χ4n) is 1.63. The molecule has 0 saturated heterocycles. The van der Waals surface area contributed by atoms with E-state index in [4.69, 9.17) is 10.5 Å². The summed E-state index contributed by atoms with van der Waals surface area (Å²) in [5.74, 6) is 0.371. The highest BCUT2D eigenvalue weighted by atomic mass is 16.5. The molecule has 0 bridgehead atoms. The van der Waals surface area contributed by atoms with E-state index in [2.05, 4.69) is 4.98 Å². The fraction of sp³-hybridized carbons (Fsp3) is 0.615. The van der Waals surface area contributed by atoms with Gasteiger partial charge in [-0.25, -0.2) is 4.98 Å². The predicted octanol–water partition coefficient (Wildman–Crippen LogP) is 1.20. The minimum Gasteiger partial charge on any atom is -0.475 e. The average molecular weight is 254 g/mol. The highest BCUT2D eigenvalue weighted by Crippen LogP contribution is 2.28. The number of nitrogens with two attached hydrogens (primary N) is 1. The van der Waals surface area contributed by atoms with Crippen LogP contribution in [0.2, 0.25) is 0 Å². The van der Waals surface area contributed by atoms with Crippen molar-refractivity contribution in [2.45, 2.75) is 39.4 Å². The summed E-state index contributed by atoms with van der Waals surface area (Å²) >= 11 is 0. The SMILES string of the molecule is CC[C@H](O)C(C)(C)[C@H](O)COc1cc(N)ccn1. The zero-order chi connectivity index (χ0) is 13.8. The summed E-state index contributed by atoms with van der Waals surface area (Å²) < 4.78 is 5.38. The van der Waals surface area contributed by atoms with Crippen molar-refractivity contribution in [3.05, 3.63) is 18.3 Å². The van der Waals surface area contributed by atoms with Gasteiger partial charge in [-0.15, -0.1) is 0 Å². The van der Waals surface area contributed by atoms with E-state index in [9.17, 15) is 10.2 Å². The van der Waals surface area contributed by atoms with Crippen molar-refractivity contribution in [2.24, 2.45) is 5.41 Å². The molecule has 5 nitrogen and oxygen atoms in total. The maximum absolute atomic E-state index is 10.1. The van der Waals surface area contributed by atoms with Crippen LogP contribution in [-0.2, 0) is 0 Å². The molecule has 0 aliphatic rings. The number of hydrogen-bond donors (Lipinski definition) is 3. The normalized spacial score (nSPS) is 15.2. The van der Waals surface area contributed by atoms with Crippen LogP contribution in [-0.4, -0.2) is 34.0 Å². The first kappa shape index (κ1) is 14.7. The Hall–Kier alpha value is -1.33. The number of rotatable bonds is 6. The van der Waals surface area contributed by atoms with E-state index in [0.29, 0.717) is 18.0 Å². The number of nitrogen functional groups attached to an aromatic ring is 1. The molecule has 4 N–H and O–H groups in total. The summed E-state index contributed by atoms with van der Waals surface area (Å²) in [6.45, 7) is 5.56. The first-order valence-electron chi connectivity index (χ1n) is 6.08. The molecule has 0 aliphatic heterocycles. The van der Waals surface area contributed by atoms with Crippen molar-refractivity contribution in [1.82, 2.24) is 4.98 Å². The maximum atomic E-state index is 10.1. The van der Waals surface area contributed by atoms with E-state index in [1.54, 1.807) is 18.3 Å². The summed E-state index contributed by atoms with van der Waals surface area (Å²) in [7, 11) is 0. The first-order chi connectivity index (χ1) is 8.37. The smallest absolute Gasteiger partial charge is 0.215 e.